The summed E-state index contributed by atoms with van der Waals surface area (Å²) in [5.74, 6) is -0.818. The molecule has 0 aromatic carbocycles. The van der Waals surface area contributed by atoms with Gasteiger partial charge in [-0.25, -0.2) is 5.11 Å². The van der Waals surface area contributed by atoms with Gasteiger partial charge in [-0.1, -0.05) is 0 Å². The van der Waals surface area contributed by atoms with Crippen LogP contribution in [0.25, 0.3) is 0 Å². The Morgan fingerprint density at radius 1 is 1.33 bits per heavy atom. The molecule has 0 spiro atoms. The Labute approximate surface area is 95.0 Å². The Morgan fingerprint density at radius 3 is 2.17 bits per heavy atom. The van der Waals surface area contributed by atoms with E-state index < -0.39 is 11.7 Å². The third-order valence-electron chi connectivity index (χ3n) is 1.02. The molecular weight excluding hydrogens is 277 g/mol. The van der Waals surface area contributed by atoms with Gasteiger partial charge < -0.3 is 26.5 Å². The number of hydrogen-bond donors (Lipinski definition) is 0. The van der Waals surface area contributed by atoms with E-state index >= 15 is 0 Å². The average Bonchev–Trinajstić information content (AvgIpc) is 1.54. The predicted octanol–water partition coefficient (Wildman–Crippen LogP) is -1.45. The zero-order valence-corrected chi connectivity index (χ0v) is 11.9. The molecule has 0 aromatic heterocycles. The van der Waals surface area contributed by atoms with Crippen LogP contribution in [0.3, 0.4) is 0 Å². The zero-order valence-electron chi connectivity index (χ0n) is 7.31. The van der Waals surface area contributed by atoms with Crippen molar-refractivity contribution < 1.29 is 51.0 Å². The molecule has 1 heterocycles. The van der Waals surface area contributed by atoms with Crippen molar-refractivity contribution in [2.75, 3.05) is 0 Å². The fourth-order valence-electron chi connectivity index (χ4n) is 0.808. The standard InChI is InChI=1S/C7H9O3.BrH.Zn/c1-5-4-6(8)10-7(2,3)9-5;;/h1-3H3;1H;/p-1. The van der Waals surface area contributed by atoms with Gasteiger partial charge in [0.05, 0.1) is 0 Å². The molecule has 5 heteroatoms. The second-order valence-electron chi connectivity index (χ2n) is 2.57. The molecule has 1 aliphatic heterocycles. The molecule has 0 saturated heterocycles. The minimum atomic E-state index is -0.827. The number of halogens is 1. The van der Waals surface area contributed by atoms with Crippen LogP contribution in [0.5, 0.6) is 0 Å². The third-order valence-corrected chi connectivity index (χ3v) is 1.02. The maximum Gasteiger partial charge on any atom is 0.383 e. The van der Waals surface area contributed by atoms with Crippen molar-refractivity contribution >= 4 is 0 Å². The van der Waals surface area contributed by atoms with Gasteiger partial charge in [-0.3, -0.25) is 0 Å². The Balaban J connectivity index is 0. The van der Waals surface area contributed by atoms with Crippen LogP contribution in [-0.4, -0.2) is 5.79 Å². The molecule has 12 heavy (non-hydrogen) atoms. The predicted molar refractivity (Wildman–Crippen MR) is 33.1 cm³/mol. The van der Waals surface area contributed by atoms with E-state index in [0.717, 1.165) is 0 Å². The van der Waals surface area contributed by atoms with Crippen molar-refractivity contribution in [3.8, 4) is 0 Å². The van der Waals surface area contributed by atoms with Gasteiger partial charge in [0, 0.05) is 46.0 Å². The van der Waals surface area contributed by atoms with E-state index in [4.69, 9.17) is 9.47 Å². The average molecular weight is 286 g/mol. The maximum atomic E-state index is 10.7. The summed E-state index contributed by atoms with van der Waals surface area (Å²) in [7, 11) is 0. The van der Waals surface area contributed by atoms with Crippen LogP contribution < -0.4 is 17.0 Å². The molecule has 1 rings (SSSR count). The fourth-order valence-corrected chi connectivity index (χ4v) is 0.808. The minimum Gasteiger partial charge on any atom is -1.00 e. The van der Waals surface area contributed by atoms with Crippen LogP contribution in [-0.2, 0) is 34.1 Å². The molecule has 0 aromatic rings. The summed E-state index contributed by atoms with van der Waals surface area (Å²) < 4.78 is 9.86. The SMILES string of the molecule is CC1=C=C([O])OC(C)(C)O1.[Br-].[Zn]. The van der Waals surface area contributed by atoms with Crippen LogP contribution in [0.1, 0.15) is 20.8 Å². The molecule has 0 unspecified atom stereocenters. The molecule has 0 atom stereocenters. The normalized spacial score (nSPS) is 18.2. The Morgan fingerprint density at radius 2 is 1.83 bits per heavy atom. The summed E-state index contributed by atoms with van der Waals surface area (Å²) >= 11 is 0. The number of allylic oxidation sites excluding steroid dienone is 1. The van der Waals surface area contributed by atoms with Gasteiger partial charge in [0.1, 0.15) is 5.76 Å². The van der Waals surface area contributed by atoms with E-state index in [2.05, 4.69) is 5.73 Å². The van der Waals surface area contributed by atoms with Crippen LogP contribution in [0.4, 0.5) is 0 Å². The van der Waals surface area contributed by atoms with Crippen molar-refractivity contribution in [1.82, 2.24) is 0 Å². The van der Waals surface area contributed by atoms with Crippen LogP contribution in [0, 0.1) is 0 Å². The first-order chi connectivity index (χ1) is 4.49. The molecule has 65 valence electrons. The van der Waals surface area contributed by atoms with Crippen molar-refractivity contribution in [3.05, 3.63) is 17.4 Å². The first kappa shape index (κ1) is 14.5. The Bertz CT molecular complexity index is 201. The molecule has 1 radical (unpaired) electrons. The Hall–Kier alpha value is 0.0234. The van der Waals surface area contributed by atoms with Gasteiger partial charge in [0.15, 0.2) is 0 Å². The van der Waals surface area contributed by atoms with Crippen LogP contribution in [0.15, 0.2) is 17.4 Å². The molecule has 0 saturated carbocycles. The van der Waals surface area contributed by atoms with E-state index in [1.807, 2.05) is 0 Å². The first-order valence-electron chi connectivity index (χ1n) is 3.02. The number of hydrogen-bond acceptors (Lipinski definition) is 2. The summed E-state index contributed by atoms with van der Waals surface area (Å²) in [6, 6.07) is 0. The Kier molecular flexibility index (Phi) is 5.95. The quantitative estimate of drug-likeness (QED) is 0.403. The summed E-state index contributed by atoms with van der Waals surface area (Å²) in [5.41, 5.74) is 2.37. The molecule has 1 aliphatic rings. The molecule has 0 fully saturated rings. The van der Waals surface area contributed by atoms with E-state index in [1.165, 1.54) is 0 Å². The molecule has 0 amide bonds. The maximum absolute atomic E-state index is 10.7. The summed E-state index contributed by atoms with van der Waals surface area (Å²) in [4.78, 5) is 0. The molecule has 0 N–H and O–H groups in total. The van der Waals surface area contributed by atoms with Gasteiger partial charge in [-0.15, -0.1) is 0 Å². The largest absolute Gasteiger partial charge is 1.00 e. The van der Waals surface area contributed by atoms with Crippen LogP contribution in [0.2, 0.25) is 0 Å². The van der Waals surface area contributed by atoms with Gasteiger partial charge in [0.25, 0.3) is 0 Å². The van der Waals surface area contributed by atoms with Gasteiger partial charge in [-0.2, -0.15) is 0 Å². The van der Waals surface area contributed by atoms with E-state index in [9.17, 15) is 5.11 Å². The second-order valence-corrected chi connectivity index (χ2v) is 2.57. The minimum absolute atomic E-state index is 0. The topological polar surface area (TPSA) is 38.4 Å². The molecular formula is C7H9BrO3Zn-. The number of ether oxygens (including phenoxy) is 2. The van der Waals surface area contributed by atoms with Crippen molar-refractivity contribution in [2.45, 2.75) is 26.6 Å². The van der Waals surface area contributed by atoms with E-state index in [-0.39, 0.29) is 36.5 Å². The van der Waals surface area contributed by atoms with Crippen molar-refractivity contribution in [3.63, 3.8) is 0 Å². The first-order valence-corrected chi connectivity index (χ1v) is 3.02. The fraction of sp³-hybridized carbons (Fsp3) is 0.571. The van der Waals surface area contributed by atoms with Crippen molar-refractivity contribution in [2.24, 2.45) is 0 Å². The summed E-state index contributed by atoms with van der Waals surface area (Å²) in [6.45, 7) is 5.02. The third kappa shape index (κ3) is 4.15. The smallest absolute Gasteiger partial charge is 0.383 e. The second kappa shape index (κ2) is 4.91. The van der Waals surface area contributed by atoms with Crippen molar-refractivity contribution in [1.29, 1.82) is 0 Å². The molecule has 0 bridgehead atoms. The van der Waals surface area contributed by atoms with E-state index in [1.54, 1.807) is 20.8 Å². The summed E-state index contributed by atoms with van der Waals surface area (Å²) in [5, 5.41) is 10.7. The van der Waals surface area contributed by atoms with E-state index in [0.29, 0.717) is 5.76 Å². The van der Waals surface area contributed by atoms with Gasteiger partial charge in [-0.05, 0) is 0 Å². The number of rotatable bonds is 0. The molecule has 0 aliphatic carbocycles. The molecule has 3 nitrogen and oxygen atoms in total. The van der Waals surface area contributed by atoms with Gasteiger partial charge in [0.2, 0.25) is 5.79 Å². The zero-order chi connectivity index (χ0) is 7.78. The monoisotopic (exact) mass is 284 g/mol. The van der Waals surface area contributed by atoms with Gasteiger partial charge >= 0.3 is 5.95 Å². The summed E-state index contributed by atoms with van der Waals surface area (Å²) in [6.07, 6.45) is 0. The van der Waals surface area contributed by atoms with Crippen LogP contribution >= 0.6 is 0 Å².